The third kappa shape index (κ3) is 2.51. The van der Waals surface area contributed by atoms with E-state index in [1.807, 2.05) is 0 Å². The molecule has 3 rings (SSSR count). The zero-order chi connectivity index (χ0) is 17.3. The highest BCUT2D eigenvalue weighted by Gasteiger charge is 2.46. The number of benzene rings is 2. The summed E-state index contributed by atoms with van der Waals surface area (Å²) in [5.41, 5.74) is -0.618. The van der Waals surface area contributed by atoms with Gasteiger partial charge in [0.15, 0.2) is 22.9 Å². The molecular formula is C18H17NO5. The number of Topliss-reactive ketones (excluding diaryl/α,β-unsaturated/α-hetero) is 1. The minimum absolute atomic E-state index is 0.332. The van der Waals surface area contributed by atoms with Crippen molar-refractivity contribution in [3.05, 3.63) is 53.6 Å². The molecule has 1 heterocycles. The average Bonchev–Trinajstić information content (AvgIpc) is 2.85. The third-order valence-electron chi connectivity index (χ3n) is 4.12. The van der Waals surface area contributed by atoms with E-state index in [4.69, 9.17) is 9.47 Å². The lowest BCUT2D eigenvalue weighted by molar-refractivity contribution is -0.133. The van der Waals surface area contributed by atoms with E-state index in [0.717, 1.165) is 0 Å². The summed E-state index contributed by atoms with van der Waals surface area (Å²) >= 11 is 0. The quantitative estimate of drug-likeness (QED) is 0.822. The van der Waals surface area contributed by atoms with Crippen molar-refractivity contribution in [3.63, 3.8) is 0 Å². The van der Waals surface area contributed by atoms with Crippen molar-refractivity contribution >= 4 is 17.4 Å². The van der Waals surface area contributed by atoms with Gasteiger partial charge in [0.2, 0.25) is 0 Å². The van der Waals surface area contributed by atoms with Crippen LogP contribution in [0.25, 0.3) is 0 Å². The Bertz CT molecular complexity index is 817. The van der Waals surface area contributed by atoms with Crippen molar-refractivity contribution < 1.29 is 24.2 Å². The lowest BCUT2D eigenvalue weighted by Crippen LogP contribution is -2.36. The molecule has 2 aromatic carbocycles. The van der Waals surface area contributed by atoms with Crippen LogP contribution in [0.3, 0.4) is 0 Å². The van der Waals surface area contributed by atoms with Gasteiger partial charge in [0.05, 0.1) is 20.6 Å². The minimum Gasteiger partial charge on any atom is -0.493 e. The average molecular weight is 327 g/mol. The lowest BCUT2D eigenvalue weighted by Gasteiger charge is -2.20. The molecule has 124 valence electrons. The number of fused-ring (bicyclic) bond motifs is 1. The Morgan fingerprint density at radius 3 is 2.54 bits per heavy atom. The molecule has 0 saturated heterocycles. The number of hydrogen-bond acceptors (Lipinski definition) is 5. The summed E-state index contributed by atoms with van der Waals surface area (Å²) in [5.74, 6) is -0.0637. The van der Waals surface area contributed by atoms with Crippen molar-refractivity contribution in [3.8, 4) is 11.5 Å². The first-order chi connectivity index (χ1) is 11.5. The second-order valence-electron chi connectivity index (χ2n) is 5.53. The summed E-state index contributed by atoms with van der Waals surface area (Å²) in [6, 6.07) is 11.5. The van der Waals surface area contributed by atoms with E-state index < -0.39 is 11.5 Å². The summed E-state index contributed by atoms with van der Waals surface area (Å²) in [6.07, 6.45) is -0.356. The van der Waals surface area contributed by atoms with Crippen molar-refractivity contribution in [2.75, 3.05) is 19.5 Å². The first-order valence-corrected chi connectivity index (χ1v) is 7.38. The zero-order valence-electron chi connectivity index (χ0n) is 13.3. The molecule has 0 aromatic heterocycles. The van der Waals surface area contributed by atoms with Crippen LogP contribution in [0.5, 0.6) is 11.5 Å². The SMILES string of the molecule is COc1ccc(C(=O)CC2(O)C(=O)Nc3ccccc32)cc1OC. The van der Waals surface area contributed by atoms with Gasteiger partial charge in [-0.25, -0.2) is 0 Å². The topological polar surface area (TPSA) is 84.9 Å². The van der Waals surface area contributed by atoms with E-state index >= 15 is 0 Å². The second kappa shape index (κ2) is 5.98. The summed E-state index contributed by atoms with van der Waals surface area (Å²) in [4.78, 5) is 24.8. The predicted octanol–water partition coefficient (Wildman–Crippen LogP) is 2.12. The minimum atomic E-state index is -1.87. The number of aliphatic hydroxyl groups is 1. The highest BCUT2D eigenvalue weighted by molar-refractivity contribution is 6.09. The van der Waals surface area contributed by atoms with Gasteiger partial charge in [0.1, 0.15) is 0 Å². The fraction of sp³-hybridized carbons (Fsp3) is 0.222. The van der Waals surface area contributed by atoms with Crippen molar-refractivity contribution in [2.45, 2.75) is 12.0 Å². The molecule has 1 amide bonds. The maximum Gasteiger partial charge on any atom is 0.261 e. The molecule has 0 radical (unpaired) electrons. The smallest absolute Gasteiger partial charge is 0.261 e. The summed E-state index contributed by atoms with van der Waals surface area (Å²) in [6.45, 7) is 0. The van der Waals surface area contributed by atoms with Crippen LogP contribution in [0, 0.1) is 0 Å². The number of nitrogens with one attached hydrogen (secondary N) is 1. The van der Waals surface area contributed by atoms with Crippen LogP contribution in [0.15, 0.2) is 42.5 Å². The third-order valence-corrected chi connectivity index (χ3v) is 4.12. The summed E-state index contributed by atoms with van der Waals surface area (Å²) < 4.78 is 10.3. The molecule has 6 nitrogen and oxygen atoms in total. The fourth-order valence-electron chi connectivity index (χ4n) is 2.82. The molecule has 0 fully saturated rings. The number of ether oxygens (including phenoxy) is 2. The Hall–Kier alpha value is -2.86. The van der Waals surface area contributed by atoms with Gasteiger partial charge >= 0.3 is 0 Å². The molecule has 24 heavy (non-hydrogen) atoms. The van der Waals surface area contributed by atoms with E-state index in [-0.39, 0.29) is 12.2 Å². The monoisotopic (exact) mass is 327 g/mol. The van der Waals surface area contributed by atoms with Gasteiger partial charge in [-0.2, -0.15) is 0 Å². The first-order valence-electron chi connectivity index (χ1n) is 7.38. The molecule has 0 bridgehead atoms. The molecule has 1 aliphatic rings. The normalized spacial score (nSPS) is 18.7. The maximum atomic E-state index is 12.6. The molecule has 0 spiro atoms. The number of hydrogen-bond donors (Lipinski definition) is 2. The highest BCUT2D eigenvalue weighted by atomic mass is 16.5. The standard InChI is InChI=1S/C18H17NO5/c1-23-15-8-7-11(9-16(15)24-2)14(20)10-18(22)12-5-3-4-6-13(12)19-17(18)21/h3-9,22H,10H2,1-2H3,(H,19,21). The van der Waals surface area contributed by atoms with Crippen molar-refractivity contribution in [1.29, 1.82) is 0 Å². The van der Waals surface area contributed by atoms with Crippen LogP contribution in [0.1, 0.15) is 22.3 Å². The molecule has 0 saturated carbocycles. The first kappa shape index (κ1) is 16.0. The number of ketones is 1. The van der Waals surface area contributed by atoms with Crippen LogP contribution in [-0.4, -0.2) is 31.0 Å². The fourth-order valence-corrected chi connectivity index (χ4v) is 2.82. The predicted molar refractivity (Wildman–Crippen MR) is 87.5 cm³/mol. The van der Waals surface area contributed by atoms with Gasteiger partial charge in [-0.3, -0.25) is 9.59 Å². The summed E-state index contributed by atoms with van der Waals surface area (Å²) in [5, 5.41) is 13.4. The van der Waals surface area contributed by atoms with Crippen LogP contribution in [0.2, 0.25) is 0 Å². The lowest BCUT2D eigenvalue weighted by atomic mass is 9.88. The molecule has 1 aliphatic heterocycles. The molecule has 2 aromatic rings. The molecule has 1 atom stereocenters. The Morgan fingerprint density at radius 1 is 1.12 bits per heavy atom. The van der Waals surface area contributed by atoms with E-state index in [9.17, 15) is 14.7 Å². The second-order valence-corrected chi connectivity index (χ2v) is 5.53. The van der Waals surface area contributed by atoms with Crippen LogP contribution >= 0.6 is 0 Å². The number of amides is 1. The Morgan fingerprint density at radius 2 is 1.83 bits per heavy atom. The van der Waals surface area contributed by atoms with Gasteiger partial charge in [-0.15, -0.1) is 0 Å². The van der Waals surface area contributed by atoms with Crippen LogP contribution in [-0.2, 0) is 10.4 Å². The van der Waals surface area contributed by atoms with Gasteiger partial charge in [-0.05, 0) is 24.3 Å². The number of carbonyl (C=O) groups excluding carboxylic acids is 2. The number of para-hydroxylation sites is 1. The highest BCUT2D eigenvalue weighted by Crippen LogP contribution is 2.39. The number of anilines is 1. The van der Waals surface area contributed by atoms with E-state index in [2.05, 4.69) is 5.32 Å². The van der Waals surface area contributed by atoms with Crippen LogP contribution < -0.4 is 14.8 Å². The molecule has 6 heteroatoms. The summed E-state index contributed by atoms with van der Waals surface area (Å²) in [7, 11) is 2.97. The number of methoxy groups -OCH3 is 2. The van der Waals surface area contributed by atoms with Gasteiger partial charge in [0.25, 0.3) is 5.91 Å². The zero-order valence-corrected chi connectivity index (χ0v) is 13.3. The molecule has 1 unspecified atom stereocenters. The molecular weight excluding hydrogens is 310 g/mol. The largest absolute Gasteiger partial charge is 0.493 e. The Balaban J connectivity index is 1.91. The molecule has 0 aliphatic carbocycles. The number of rotatable bonds is 5. The Kier molecular flexibility index (Phi) is 3.99. The molecule has 2 N–H and O–H groups in total. The van der Waals surface area contributed by atoms with Gasteiger partial charge < -0.3 is 19.9 Å². The Labute approximate surface area is 139 Å². The van der Waals surface area contributed by atoms with Gasteiger partial charge in [0, 0.05) is 16.8 Å². The van der Waals surface area contributed by atoms with E-state index in [1.165, 1.54) is 20.3 Å². The van der Waals surface area contributed by atoms with E-state index in [1.54, 1.807) is 36.4 Å². The van der Waals surface area contributed by atoms with Crippen molar-refractivity contribution in [2.24, 2.45) is 0 Å². The van der Waals surface area contributed by atoms with Crippen molar-refractivity contribution in [1.82, 2.24) is 0 Å². The van der Waals surface area contributed by atoms with E-state index in [0.29, 0.717) is 28.3 Å². The van der Waals surface area contributed by atoms with Crippen LogP contribution in [0.4, 0.5) is 5.69 Å². The maximum absolute atomic E-state index is 12.6. The number of carbonyl (C=O) groups is 2. The van der Waals surface area contributed by atoms with Gasteiger partial charge in [-0.1, -0.05) is 18.2 Å².